The van der Waals surface area contributed by atoms with Crippen molar-refractivity contribution in [2.24, 2.45) is 11.8 Å². The minimum Gasteiger partial charge on any atom is -0.466 e. The molecule has 5 rings (SSSR count). The summed E-state index contributed by atoms with van der Waals surface area (Å²) in [5, 5.41) is 10.6. The number of hydrogen-bond acceptors (Lipinski definition) is 6. The van der Waals surface area contributed by atoms with Gasteiger partial charge >= 0.3 is 5.97 Å². The van der Waals surface area contributed by atoms with E-state index in [1.54, 1.807) is 34.6 Å². The largest absolute Gasteiger partial charge is 0.466 e. The topological polar surface area (TPSA) is 87.2 Å². The summed E-state index contributed by atoms with van der Waals surface area (Å²) in [4.78, 5) is 45.8. The van der Waals surface area contributed by atoms with Crippen LogP contribution >= 0.6 is 11.8 Å². The molecule has 3 saturated heterocycles. The number of ether oxygens (including phenoxy) is 1. The average Bonchev–Trinajstić information content (AvgIpc) is 3.57. The van der Waals surface area contributed by atoms with Gasteiger partial charge in [-0.25, -0.2) is 0 Å². The predicted octanol–water partition coefficient (Wildman–Crippen LogP) is 4.21. The van der Waals surface area contributed by atoms with Gasteiger partial charge in [0, 0.05) is 17.5 Å². The molecule has 2 aromatic carbocycles. The molecule has 0 saturated carbocycles. The van der Waals surface area contributed by atoms with Crippen LogP contribution in [0.5, 0.6) is 0 Å². The summed E-state index contributed by atoms with van der Waals surface area (Å²) in [7, 11) is 0. The Morgan fingerprint density at radius 3 is 2.51 bits per heavy atom. The number of fused-ring (bicyclic) bond motifs is 1. The van der Waals surface area contributed by atoms with E-state index in [0.717, 1.165) is 28.8 Å². The highest BCUT2D eigenvalue weighted by Crippen LogP contribution is 2.67. The summed E-state index contributed by atoms with van der Waals surface area (Å²) in [6, 6.07) is 13.6. The summed E-state index contributed by atoms with van der Waals surface area (Å²) in [6.07, 6.45) is 3.07. The molecule has 3 aliphatic rings. The molecule has 8 heteroatoms. The summed E-state index contributed by atoms with van der Waals surface area (Å²) in [5.74, 6) is -2.14. The number of likely N-dealkylation sites (tertiary alicyclic amines) is 1. The molecular weight excluding hydrogens is 512 g/mol. The molecule has 2 aromatic rings. The summed E-state index contributed by atoms with van der Waals surface area (Å²) < 4.78 is 4.66. The third-order valence-electron chi connectivity index (χ3n) is 8.51. The van der Waals surface area contributed by atoms with Gasteiger partial charge in [0.25, 0.3) is 5.91 Å². The van der Waals surface area contributed by atoms with E-state index in [2.05, 4.69) is 6.58 Å². The highest BCUT2D eigenvalue weighted by Gasteiger charge is 2.75. The normalized spacial score (nSPS) is 27.8. The molecule has 0 aliphatic carbocycles. The van der Waals surface area contributed by atoms with Crippen LogP contribution in [0.3, 0.4) is 0 Å². The van der Waals surface area contributed by atoms with Gasteiger partial charge in [-0.05, 0) is 50.3 Å². The first-order valence-corrected chi connectivity index (χ1v) is 14.5. The van der Waals surface area contributed by atoms with Crippen molar-refractivity contribution >= 4 is 35.2 Å². The highest BCUT2D eigenvalue weighted by molar-refractivity contribution is 8.02. The number of esters is 1. The molecule has 3 fully saturated rings. The lowest BCUT2D eigenvalue weighted by atomic mass is 9.71. The van der Waals surface area contributed by atoms with Crippen molar-refractivity contribution in [1.29, 1.82) is 0 Å². The first-order valence-electron chi connectivity index (χ1n) is 13.6. The van der Waals surface area contributed by atoms with Crippen molar-refractivity contribution in [3.8, 4) is 0 Å². The molecule has 2 bridgehead atoms. The van der Waals surface area contributed by atoms with Crippen LogP contribution in [0, 0.1) is 25.7 Å². The first-order chi connectivity index (χ1) is 18.8. The number of nitrogens with zero attached hydrogens (tertiary/aromatic N) is 2. The molecule has 3 heterocycles. The van der Waals surface area contributed by atoms with Crippen molar-refractivity contribution in [3.63, 3.8) is 0 Å². The maximum absolute atomic E-state index is 14.8. The van der Waals surface area contributed by atoms with Crippen molar-refractivity contribution in [1.82, 2.24) is 4.90 Å². The van der Waals surface area contributed by atoms with Gasteiger partial charge in [-0.1, -0.05) is 54.6 Å². The van der Waals surface area contributed by atoms with Crippen LogP contribution in [0.1, 0.15) is 42.5 Å². The van der Waals surface area contributed by atoms with Crippen LogP contribution < -0.4 is 4.90 Å². The van der Waals surface area contributed by atoms with E-state index in [1.807, 2.05) is 62.4 Å². The fraction of sp³-hybridized carbons (Fsp3) is 0.452. The second-order valence-corrected chi connectivity index (χ2v) is 12.2. The quantitative estimate of drug-likeness (QED) is 0.373. The zero-order chi connectivity index (χ0) is 27.9. The lowest BCUT2D eigenvalue weighted by Crippen LogP contribution is -2.56. The number of rotatable bonds is 9. The Kier molecular flexibility index (Phi) is 7.62. The number of amides is 2. The van der Waals surface area contributed by atoms with E-state index >= 15 is 0 Å². The number of para-hydroxylation sites is 1. The number of thioether (sulfide) groups is 1. The van der Waals surface area contributed by atoms with Crippen LogP contribution in [-0.4, -0.2) is 63.6 Å². The van der Waals surface area contributed by atoms with Crippen molar-refractivity contribution < 1.29 is 24.2 Å². The summed E-state index contributed by atoms with van der Waals surface area (Å²) in [6.45, 7) is 9.78. The molecule has 3 aliphatic heterocycles. The fourth-order valence-corrected chi connectivity index (χ4v) is 9.23. The first kappa shape index (κ1) is 27.5. The summed E-state index contributed by atoms with van der Waals surface area (Å²) >= 11 is 1.60. The molecule has 1 spiro atoms. The lowest BCUT2D eigenvalue weighted by molar-refractivity contribution is -0.154. The Labute approximate surface area is 234 Å². The maximum atomic E-state index is 14.8. The minimum absolute atomic E-state index is 0.0761. The van der Waals surface area contributed by atoms with Crippen LogP contribution in [-0.2, 0) is 19.1 Å². The van der Waals surface area contributed by atoms with Crippen molar-refractivity contribution in [3.05, 3.63) is 77.9 Å². The van der Waals surface area contributed by atoms with Gasteiger partial charge in [0.1, 0.15) is 6.04 Å². The Hall–Kier alpha value is -3.10. The Morgan fingerprint density at radius 1 is 1.21 bits per heavy atom. The number of aliphatic hydroxyl groups is 1. The van der Waals surface area contributed by atoms with Crippen LogP contribution in [0.2, 0.25) is 0 Å². The molecule has 2 amide bonds. The van der Waals surface area contributed by atoms with E-state index in [0.29, 0.717) is 6.42 Å². The number of aryl methyl sites for hydroxylation is 2. The van der Waals surface area contributed by atoms with E-state index in [9.17, 15) is 19.5 Å². The third kappa shape index (κ3) is 4.28. The summed E-state index contributed by atoms with van der Waals surface area (Å²) in [5.41, 5.74) is 3.45. The second kappa shape index (κ2) is 10.8. The third-order valence-corrected chi connectivity index (χ3v) is 10.5. The molecule has 0 aromatic heterocycles. The van der Waals surface area contributed by atoms with Gasteiger partial charge in [-0.3, -0.25) is 14.4 Å². The monoisotopic (exact) mass is 548 g/mol. The zero-order valence-corrected chi connectivity index (χ0v) is 23.5. The van der Waals surface area contributed by atoms with Gasteiger partial charge in [0.2, 0.25) is 5.91 Å². The predicted molar refractivity (Wildman–Crippen MR) is 152 cm³/mol. The lowest BCUT2D eigenvalue weighted by Gasteiger charge is -2.40. The molecule has 39 heavy (non-hydrogen) atoms. The molecule has 7 nitrogen and oxygen atoms in total. The van der Waals surface area contributed by atoms with Crippen molar-refractivity contribution in [2.75, 3.05) is 24.7 Å². The van der Waals surface area contributed by atoms with Gasteiger partial charge < -0.3 is 19.6 Å². The minimum atomic E-state index is -0.860. The number of aliphatic hydroxyl groups excluding tert-OH is 1. The van der Waals surface area contributed by atoms with Crippen molar-refractivity contribution in [2.45, 2.75) is 55.7 Å². The van der Waals surface area contributed by atoms with E-state index in [-0.39, 0.29) is 42.8 Å². The van der Waals surface area contributed by atoms with Crippen LogP contribution in [0.4, 0.5) is 5.69 Å². The highest BCUT2D eigenvalue weighted by atomic mass is 32.2. The van der Waals surface area contributed by atoms with Gasteiger partial charge in [-0.15, -0.1) is 18.3 Å². The van der Waals surface area contributed by atoms with Gasteiger partial charge in [0.15, 0.2) is 0 Å². The molecule has 1 N–H and O–H groups in total. The maximum Gasteiger partial charge on any atom is 0.310 e. The average molecular weight is 549 g/mol. The fourth-order valence-electron chi connectivity index (χ4n) is 7.04. The zero-order valence-electron chi connectivity index (χ0n) is 22.7. The molecule has 206 valence electrons. The van der Waals surface area contributed by atoms with Gasteiger partial charge in [0.05, 0.1) is 35.8 Å². The molecule has 6 atom stereocenters. The Bertz CT molecular complexity index is 1260. The van der Waals surface area contributed by atoms with Gasteiger partial charge in [-0.2, -0.15) is 0 Å². The second-order valence-electron chi connectivity index (χ2n) is 10.6. The van der Waals surface area contributed by atoms with E-state index in [1.165, 1.54) is 0 Å². The SMILES string of the molecule is C=CCN(C(=O)C1N([C@H](CO)c2ccccc2)C(=O)[C@@H]2[C@H](C(=O)OCC)[C@@H]3CCC12S3)c1c(C)cccc1C. The van der Waals surface area contributed by atoms with Crippen LogP contribution in [0.15, 0.2) is 61.2 Å². The Balaban J connectivity index is 1.67. The number of hydrogen-bond donors (Lipinski definition) is 1. The smallest absolute Gasteiger partial charge is 0.310 e. The number of carbonyl (C=O) groups excluding carboxylic acids is 3. The molecular formula is C31H36N2O5S. The molecule has 2 unspecified atom stereocenters. The number of anilines is 1. The molecule has 0 radical (unpaired) electrons. The van der Waals surface area contributed by atoms with E-state index in [4.69, 9.17) is 4.74 Å². The number of carbonyl (C=O) groups is 3. The van der Waals surface area contributed by atoms with E-state index < -0.39 is 28.7 Å². The number of benzene rings is 2. The standard InChI is InChI=1S/C31H36N2O5S/c1-5-17-32(26-19(3)11-10-12-20(26)4)29(36)27-31-16-15-23(39-31)24(30(37)38-6-2)25(31)28(35)33(27)22(18-34)21-13-8-7-9-14-21/h5,7-14,22-25,27,34H,1,6,15-18H2,2-4H3/t22-,23+,24-,25+,27?,31?/m1/s1. The Morgan fingerprint density at radius 2 is 1.90 bits per heavy atom. The van der Waals surface area contributed by atoms with Crippen LogP contribution in [0.25, 0.3) is 0 Å².